The number of aliphatic carboxylic acids is 1. The van der Waals surface area contributed by atoms with Crippen molar-refractivity contribution in [1.82, 2.24) is 4.72 Å². The van der Waals surface area contributed by atoms with Gasteiger partial charge in [0.05, 0.1) is 4.90 Å². The van der Waals surface area contributed by atoms with Crippen LogP contribution in [0.25, 0.3) is 21.9 Å². The van der Waals surface area contributed by atoms with Crippen molar-refractivity contribution in [3.05, 3.63) is 40.9 Å². The molecule has 6 nitrogen and oxygen atoms in total. The number of furan rings is 1. The van der Waals surface area contributed by atoms with Crippen LogP contribution in [0.1, 0.15) is 20.3 Å². The smallest absolute Gasteiger partial charge is 0.321 e. The van der Waals surface area contributed by atoms with Crippen molar-refractivity contribution in [1.29, 1.82) is 0 Å². The first-order chi connectivity index (χ1) is 12.2. The molecule has 2 N–H and O–H groups in total. The van der Waals surface area contributed by atoms with Crippen LogP contribution in [0.5, 0.6) is 0 Å². The fraction of sp³-hybridized carbons (Fsp3) is 0.278. The first kappa shape index (κ1) is 18.9. The minimum absolute atomic E-state index is 0.00521. The van der Waals surface area contributed by atoms with Crippen LogP contribution in [0.2, 0.25) is 0 Å². The summed E-state index contributed by atoms with van der Waals surface area (Å²) in [4.78, 5) is 11.4. The van der Waals surface area contributed by atoms with E-state index in [0.717, 1.165) is 9.86 Å². The van der Waals surface area contributed by atoms with E-state index in [0.29, 0.717) is 16.6 Å². The van der Waals surface area contributed by atoms with E-state index in [-0.39, 0.29) is 17.2 Å². The monoisotopic (exact) mass is 439 g/mol. The third-order valence-corrected chi connectivity index (χ3v) is 5.98. The van der Waals surface area contributed by atoms with E-state index >= 15 is 0 Å². The number of benzene rings is 2. The summed E-state index contributed by atoms with van der Waals surface area (Å²) in [5.41, 5.74) is 1.20. The third-order valence-electron chi connectivity index (χ3n) is 4.02. The maximum Gasteiger partial charge on any atom is 0.321 e. The molecule has 0 spiro atoms. The van der Waals surface area contributed by atoms with Gasteiger partial charge in [0.25, 0.3) is 0 Å². The van der Waals surface area contributed by atoms with Crippen LogP contribution in [-0.4, -0.2) is 25.5 Å². The first-order valence-corrected chi connectivity index (χ1v) is 10.3. The van der Waals surface area contributed by atoms with Gasteiger partial charge in [-0.25, -0.2) is 8.42 Å². The number of sulfonamides is 1. The SMILES string of the molecule is CC(C)C[C@@H](NS(=O)(=O)c1ccc2oc3cc(Br)ccc3c2c1)C(=O)O. The Morgan fingerprint density at radius 2 is 1.88 bits per heavy atom. The number of carbonyl (C=O) groups is 1. The van der Waals surface area contributed by atoms with Gasteiger partial charge in [-0.2, -0.15) is 4.72 Å². The summed E-state index contributed by atoms with van der Waals surface area (Å²) in [6, 6.07) is 8.82. The zero-order valence-corrected chi connectivity index (χ0v) is 16.6. The molecule has 0 amide bonds. The van der Waals surface area contributed by atoms with Crippen molar-refractivity contribution < 1.29 is 22.7 Å². The van der Waals surface area contributed by atoms with E-state index in [1.54, 1.807) is 6.07 Å². The van der Waals surface area contributed by atoms with E-state index in [4.69, 9.17) is 4.42 Å². The zero-order chi connectivity index (χ0) is 19.1. The molecule has 0 unspecified atom stereocenters. The summed E-state index contributed by atoms with van der Waals surface area (Å²) < 4.78 is 34.2. The minimum atomic E-state index is -3.98. The maximum absolute atomic E-state index is 12.7. The second kappa shape index (κ2) is 7.02. The third kappa shape index (κ3) is 3.77. The highest BCUT2D eigenvalue weighted by molar-refractivity contribution is 9.10. The number of halogens is 1. The summed E-state index contributed by atoms with van der Waals surface area (Å²) in [6.07, 6.45) is 0.208. The first-order valence-electron chi connectivity index (χ1n) is 8.04. The quantitative estimate of drug-likeness (QED) is 0.601. The highest BCUT2D eigenvalue weighted by atomic mass is 79.9. The molecule has 3 rings (SSSR count). The predicted molar refractivity (Wildman–Crippen MR) is 103 cm³/mol. The molecular formula is C18H18BrNO5S. The molecule has 2 aromatic carbocycles. The molecular weight excluding hydrogens is 422 g/mol. The van der Waals surface area contributed by atoms with Crippen LogP contribution < -0.4 is 4.72 Å². The molecule has 0 bridgehead atoms. The molecule has 8 heteroatoms. The predicted octanol–water partition coefficient (Wildman–Crippen LogP) is 4.13. The molecule has 0 aliphatic rings. The summed E-state index contributed by atoms with van der Waals surface area (Å²) in [7, 11) is -3.98. The molecule has 26 heavy (non-hydrogen) atoms. The van der Waals surface area contributed by atoms with Crippen molar-refractivity contribution in [2.24, 2.45) is 5.92 Å². The van der Waals surface area contributed by atoms with Gasteiger partial charge < -0.3 is 9.52 Å². The number of fused-ring (bicyclic) bond motifs is 3. The second-order valence-corrected chi connectivity index (χ2v) is 9.17. The van der Waals surface area contributed by atoms with E-state index < -0.39 is 22.0 Å². The Labute approximate surface area is 159 Å². The maximum atomic E-state index is 12.7. The second-order valence-electron chi connectivity index (χ2n) is 6.54. The Morgan fingerprint density at radius 3 is 2.54 bits per heavy atom. The van der Waals surface area contributed by atoms with Crippen LogP contribution in [0.15, 0.2) is 50.2 Å². The fourth-order valence-corrected chi connectivity index (χ4v) is 4.39. The summed E-state index contributed by atoms with van der Waals surface area (Å²) in [5, 5.41) is 10.7. The van der Waals surface area contributed by atoms with Crippen molar-refractivity contribution >= 4 is 53.9 Å². The van der Waals surface area contributed by atoms with E-state index in [1.165, 1.54) is 12.1 Å². The lowest BCUT2D eigenvalue weighted by Crippen LogP contribution is -2.41. The van der Waals surface area contributed by atoms with Crippen molar-refractivity contribution in [3.63, 3.8) is 0 Å². The number of nitrogens with one attached hydrogen (secondary N) is 1. The van der Waals surface area contributed by atoms with Gasteiger partial charge in [-0.1, -0.05) is 29.8 Å². The molecule has 0 aliphatic carbocycles. The number of carboxylic acid groups (broad SMARTS) is 1. The number of hydrogen-bond donors (Lipinski definition) is 2. The van der Waals surface area contributed by atoms with E-state index in [2.05, 4.69) is 20.7 Å². The van der Waals surface area contributed by atoms with Crippen LogP contribution in [0.4, 0.5) is 0 Å². The highest BCUT2D eigenvalue weighted by Gasteiger charge is 2.26. The van der Waals surface area contributed by atoms with Gasteiger partial charge in [0.2, 0.25) is 10.0 Å². The Hall–Kier alpha value is -1.90. The van der Waals surface area contributed by atoms with Crippen molar-refractivity contribution in [2.45, 2.75) is 31.2 Å². The van der Waals surface area contributed by atoms with Gasteiger partial charge in [0.15, 0.2) is 0 Å². The zero-order valence-electron chi connectivity index (χ0n) is 14.2. The van der Waals surface area contributed by atoms with Crippen molar-refractivity contribution in [3.8, 4) is 0 Å². The molecule has 1 aromatic heterocycles. The molecule has 1 atom stereocenters. The molecule has 0 aliphatic heterocycles. The van der Waals surface area contributed by atoms with Crippen LogP contribution in [0, 0.1) is 5.92 Å². The lowest BCUT2D eigenvalue weighted by molar-refractivity contribution is -0.139. The summed E-state index contributed by atoms with van der Waals surface area (Å²) in [6.45, 7) is 3.68. The normalized spacial score (nSPS) is 13.5. The van der Waals surface area contributed by atoms with Gasteiger partial charge in [-0.05, 0) is 48.7 Å². The van der Waals surface area contributed by atoms with E-state index in [9.17, 15) is 18.3 Å². The Bertz CT molecular complexity index is 1090. The Balaban J connectivity index is 2.03. The molecule has 1 heterocycles. The van der Waals surface area contributed by atoms with Gasteiger partial charge >= 0.3 is 5.97 Å². The van der Waals surface area contributed by atoms with Gasteiger partial charge in [0, 0.05) is 15.2 Å². The standard InChI is InChI=1S/C18H18BrNO5S/c1-10(2)7-15(18(21)22)20-26(23,24)12-4-6-16-14(9-12)13-5-3-11(19)8-17(13)25-16/h3-6,8-10,15,20H,7H2,1-2H3,(H,21,22)/t15-/m1/s1. The molecule has 3 aromatic rings. The van der Waals surface area contributed by atoms with Crippen LogP contribution >= 0.6 is 15.9 Å². The molecule has 0 saturated heterocycles. The Kier molecular flexibility index (Phi) is 5.09. The van der Waals surface area contributed by atoms with Gasteiger partial charge in [0.1, 0.15) is 17.2 Å². The summed E-state index contributed by atoms with van der Waals surface area (Å²) in [5.74, 6) is -1.15. The lowest BCUT2D eigenvalue weighted by atomic mass is 10.1. The van der Waals surface area contributed by atoms with Gasteiger partial charge in [-0.15, -0.1) is 0 Å². The highest BCUT2D eigenvalue weighted by Crippen LogP contribution is 2.32. The average molecular weight is 440 g/mol. The van der Waals surface area contributed by atoms with E-state index in [1.807, 2.05) is 32.0 Å². The number of hydrogen-bond acceptors (Lipinski definition) is 4. The van der Waals surface area contributed by atoms with Crippen LogP contribution in [0.3, 0.4) is 0 Å². The topological polar surface area (TPSA) is 96.6 Å². The fourth-order valence-electron chi connectivity index (χ4n) is 2.82. The van der Waals surface area contributed by atoms with Crippen molar-refractivity contribution in [2.75, 3.05) is 0 Å². The number of carboxylic acids is 1. The van der Waals surface area contributed by atoms with Gasteiger partial charge in [-0.3, -0.25) is 4.79 Å². The average Bonchev–Trinajstić information content (AvgIpc) is 2.89. The largest absolute Gasteiger partial charge is 0.480 e. The Morgan fingerprint density at radius 1 is 1.15 bits per heavy atom. The molecule has 138 valence electrons. The number of rotatable bonds is 6. The molecule has 0 saturated carbocycles. The molecule has 0 fully saturated rings. The lowest BCUT2D eigenvalue weighted by Gasteiger charge is -2.16. The molecule has 0 radical (unpaired) electrons. The minimum Gasteiger partial charge on any atom is -0.480 e. The van der Waals surface area contributed by atoms with Crippen LogP contribution in [-0.2, 0) is 14.8 Å². The summed E-state index contributed by atoms with van der Waals surface area (Å²) >= 11 is 3.37.